The number of nitrogens with zero attached hydrogens (tertiary/aromatic N) is 1. The van der Waals surface area contributed by atoms with Crippen LogP contribution in [-0.4, -0.2) is 41.2 Å². The highest BCUT2D eigenvalue weighted by molar-refractivity contribution is 5.93. The summed E-state index contributed by atoms with van der Waals surface area (Å²) in [5.41, 5.74) is 1.70. The molecule has 1 aromatic carbocycles. The molecule has 34 heavy (non-hydrogen) atoms. The number of nitrogens with one attached hydrogen (secondary N) is 2. The average molecular weight is 464 g/mol. The molecule has 3 aliphatic rings. The van der Waals surface area contributed by atoms with Gasteiger partial charge in [-0.3, -0.25) is 14.4 Å². The van der Waals surface area contributed by atoms with E-state index in [9.17, 15) is 14.4 Å². The molecule has 3 fully saturated rings. The molecule has 0 radical (unpaired) electrons. The Hall–Kier alpha value is -2.81. The molecule has 6 nitrogen and oxygen atoms in total. The third-order valence-electron chi connectivity index (χ3n) is 7.97. The first-order chi connectivity index (χ1) is 16.1. The molecule has 1 saturated heterocycles. The fourth-order valence-corrected chi connectivity index (χ4v) is 5.66. The predicted octanol–water partition coefficient (Wildman–Crippen LogP) is 3.39. The van der Waals surface area contributed by atoms with Gasteiger partial charge in [0.2, 0.25) is 17.7 Å². The smallest absolute Gasteiger partial charge is 0.246 e. The Morgan fingerprint density at radius 3 is 2.35 bits per heavy atom. The molecule has 6 heteroatoms. The van der Waals surface area contributed by atoms with E-state index < -0.39 is 17.5 Å². The van der Waals surface area contributed by atoms with E-state index in [1.54, 1.807) is 4.90 Å². The van der Waals surface area contributed by atoms with Gasteiger partial charge in [-0.25, -0.2) is 0 Å². The van der Waals surface area contributed by atoms with E-state index in [4.69, 9.17) is 6.42 Å². The number of hydrogen-bond acceptors (Lipinski definition) is 3. The first-order valence-corrected chi connectivity index (χ1v) is 12.6. The highest BCUT2D eigenvalue weighted by Gasteiger charge is 2.51. The zero-order valence-electron chi connectivity index (χ0n) is 20.7. The van der Waals surface area contributed by atoms with Crippen LogP contribution in [0.15, 0.2) is 24.3 Å². The quantitative estimate of drug-likeness (QED) is 0.635. The van der Waals surface area contributed by atoms with Crippen LogP contribution in [0.1, 0.15) is 76.8 Å². The summed E-state index contributed by atoms with van der Waals surface area (Å²) in [6.45, 7) is 6.81. The van der Waals surface area contributed by atoms with Gasteiger partial charge in [0.1, 0.15) is 12.1 Å². The molecule has 1 aliphatic heterocycles. The van der Waals surface area contributed by atoms with Crippen molar-refractivity contribution in [1.29, 1.82) is 0 Å². The highest BCUT2D eigenvalue weighted by atomic mass is 16.2. The maximum absolute atomic E-state index is 13.6. The molecular formula is C28H37N3O3. The monoisotopic (exact) mass is 463 g/mol. The van der Waals surface area contributed by atoms with E-state index >= 15 is 0 Å². The van der Waals surface area contributed by atoms with Gasteiger partial charge in [-0.15, -0.1) is 6.42 Å². The third-order valence-corrected chi connectivity index (χ3v) is 7.97. The Morgan fingerprint density at radius 1 is 1.12 bits per heavy atom. The lowest BCUT2D eigenvalue weighted by Crippen LogP contribution is -2.59. The zero-order valence-corrected chi connectivity index (χ0v) is 20.7. The second kappa shape index (κ2) is 9.44. The topological polar surface area (TPSA) is 78.5 Å². The molecule has 0 aromatic heterocycles. The minimum atomic E-state index is -0.650. The van der Waals surface area contributed by atoms with Crippen LogP contribution in [0.5, 0.6) is 0 Å². The van der Waals surface area contributed by atoms with Crippen LogP contribution >= 0.6 is 0 Å². The van der Waals surface area contributed by atoms with Crippen LogP contribution in [0.2, 0.25) is 0 Å². The molecule has 2 unspecified atom stereocenters. The van der Waals surface area contributed by atoms with Crippen LogP contribution < -0.4 is 10.6 Å². The van der Waals surface area contributed by atoms with E-state index in [0.29, 0.717) is 24.9 Å². The summed E-state index contributed by atoms with van der Waals surface area (Å²) in [7, 11) is 0. The van der Waals surface area contributed by atoms with Crippen molar-refractivity contribution in [2.24, 2.45) is 16.7 Å². The fourth-order valence-electron chi connectivity index (χ4n) is 5.66. The molecule has 3 amide bonds. The number of benzene rings is 1. The minimum absolute atomic E-state index is 0.0106. The third kappa shape index (κ3) is 4.99. The molecular weight excluding hydrogens is 426 g/mol. The van der Waals surface area contributed by atoms with E-state index in [1.165, 1.54) is 19.3 Å². The molecule has 2 aliphatic carbocycles. The van der Waals surface area contributed by atoms with E-state index in [0.717, 1.165) is 30.4 Å². The first kappa shape index (κ1) is 24.3. The summed E-state index contributed by atoms with van der Waals surface area (Å²) in [6, 6.07) is 6.32. The number of terminal acetylenes is 1. The standard InChI is InChI=1S/C28H37N3O3/c1-5-19-9-11-20(12-10-19)18-29-25(33)22-8-6-15-31(22)26(34)23(27(2,3)4)30-24(32)21-16-28(17-21)13-7-14-28/h1,9-12,21-23H,6-8,13-18H2,2-4H3,(H,29,33)(H,30,32). The molecule has 2 N–H and O–H groups in total. The van der Waals surface area contributed by atoms with Gasteiger partial charge >= 0.3 is 0 Å². The van der Waals surface area contributed by atoms with Crippen molar-refractivity contribution >= 4 is 17.7 Å². The molecule has 1 heterocycles. The maximum Gasteiger partial charge on any atom is 0.246 e. The van der Waals surface area contributed by atoms with Gasteiger partial charge in [-0.2, -0.15) is 0 Å². The van der Waals surface area contributed by atoms with Gasteiger partial charge in [0.15, 0.2) is 0 Å². The second-order valence-corrected chi connectivity index (χ2v) is 11.5. The molecule has 1 spiro atoms. The largest absolute Gasteiger partial charge is 0.350 e. The number of amides is 3. The van der Waals surface area contributed by atoms with Crippen molar-refractivity contribution in [3.05, 3.63) is 35.4 Å². The Kier molecular flexibility index (Phi) is 6.75. The Balaban J connectivity index is 1.37. The van der Waals surface area contributed by atoms with Crippen molar-refractivity contribution in [1.82, 2.24) is 15.5 Å². The second-order valence-electron chi connectivity index (χ2n) is 11.5. The number of carbonyl (C=O) groups excluding carboxylic acids is 3. The van der Waals surface area contributed by atoms with E-state index in [2.05, 4.69) is 16.6 Å². The maximum atomic E-state index is 13.6. The van der Waals surface area contributed by atoms with Gasteiger partial charge in [-0.1, -0.05) is 45.2 Å². The van der Waals surface area contributed by atoms with Gasteiger partial charge in [0.05, 0.1) is 0 Å². The van der Waals surface area contributed by atoms with Crippen molar-refractivity contribution in [2.45, 2.75) is 84.3 Å². The first-order valence-electron chi connectivity index (χ1n) is 12.6. The lowest BCUT2D eigenvalue weighted by atomic mass is 9.51. The number of carbonyl (C=O) groups is 3. The van der Waals surface area contributed by atoms with Crippen LogP contribution in [0.3, 0.4) is 0 Å². The van der Waals surface area contributed by atoms with Crippen molar-refractivity contribution in [3.63, 3.8) is 0 Å². The number of rotatable bonds is 6. The van der Waals surface area contributed by atoms with Crippen molar-refractivity contribution in [3.8, 4) is 12.3 Å². The van der Waals surface area contributed by atoms with Crippen LogP contribution in [0.4, 0.5) is 0 Å². The van der Waals surface area contributed by atoms with Gasteiger partial charge in [0, 0.05) is 24.6 Å². The molecule has 182 valence electrons. The molecule has 1 aromatic rings. The lowest BCUT2D eigenvalue weighted by molar-refractivity contribution is -0.147. The normalized spacial score (nSPS) is 22.3. The molecule has 4 rings (SSSR count). The van der Waals surface area contributed by atoms with Crippen LogP contribution in [-0.2, 0) is 20.9 Å². The zero-order chi connectivity index (χ0) is 24.5. The van der Waals surface area contributed by atoms with Crippen LogP contribution in [0.25, 0.3) is 0 Å². The van der Waals surface area contributed by atoms with Crippen molar-refractivity contribution < 1.29 is 14.4 Å². The van der Waals surface area contributed by atoms with Gasteiger partial charge in [0.25, 0.3) is 0 Å². The predicted molar refractivity (Wildman–Crippen MR) is 131 cm³/mol. The lowest BCUT2D eigenvalue weighted by Gasteiger charge is -2.53. The fraction of sp³-hybridized carbons (Fsp3) is 0.607. The van der Waals surface area contributed by atoms with E-state index in [-0.39, 0.29) is 23.6 Å². The molecule has 2 saturated carbocycles. The summed E-state index contributed by atoms with van der Waals surface area (Å²) >= 11 is 0. The van der Waals surface area contributed by atoms with Gasteiger partial charge < -0.3 is 15.5 Å². The Labute approximate surface area is 203 Å². The van der Waals surface area contributed by atoms with Crippen LogP contribution in [0, 0.1) is 29.1 Å². The SMILES string of the molecule is C#Cc1ccc(CNC(=O)C2CCCN2C(=O)C(NC(=O)C2CC3(CCC3)C2)C(C)(C)C)cc1. The Bertz CT molecular complexity index is 974. The summed E-state index contributed by atoms with van der Waals surface area (Å²) < 4.78 is 0. The summed E-state index contributed by atoms with van der Waals surface area (Å²) in [4.78, 5) is 41.3. The summed E-state index contributed by atoms with van der Waals surface area (Å²) in [5.74, 6) is 2.27. The van der Waals surface area contributed by atoms with Gasteiger partial charge in [-0.05, 0) is 67.1 Å². The summed E-state index contributed by atoms with van der Waals surface area (Å²) in [6.07, 6.45) is 12.4. The van der Waals surface area contributed by atoms with Crippen molar-refractivity contribution in [2.75, 3.05) is 6.54 Å². The van der Waals surface area contributed by atoms with E-state index in [1.807, 2.05) is 45.0 Å². The minimum Gasteiger partial charge on any atom is -0.350 e. The number of hydrogen-bond donors (Lipinski definition) is 2. The Morgan fingerprint density at radius 2 is 1.79 bits per heavy atom. The summed E-state index contributed by atoms with van der Waals surface area (Å²) in [5, 5.41) is 6.04. The molecule has 0 bridgehead atoms. The molecule has 2 atom stereocenters. The average Bonchev–Trinajstić information content (AvgIpc) is 3.23. The number of likely N-dealkylation sites (tertiary alicyclic amines) is 1. The highest BCUT2D eigenvalue weighted by Crippen LogP contribution is 2.58.